The standard InChI is InChI=1S/C16H15NO6S/c1-10(18)11-3-6-13(7-4-11)17-24(21,22)15-9-12(16(19)20)5-8-14(15)23-2/h3-9,17H,1-2H3,(H,19,20)/p-1. The minimum Gasteiger partial charge on any atom is -0.545 e. The van der Waals surface area contributed by atoms with E-state index in [1.807, 2.05) is 0 Å². The third kappa shape index (κ3) is 3.72. The summed E-state index contributed by atoms with van der Waals surface area (Å²) in [5, 5.41) is 10.9. The molecule has 0 aliphatic heterocycles. The molecule has 8 heteroatoms. The first-order chi connectivity index (χ1) is 11.2. The number of carbonyl (C=O) groups is 2. The van der Waals surface area contributed by atoms with Crippen LogP contribution in [0.2, 0.25) is 0 Å². The van der Waals surface area contributed by atoms with E-state index in [9.17, 15) is 23.1 Å². The van der Waals surface area contributed by atoms with Gasteiger partial charge in [-0.15, -0.1) is 0 Å². The lowest BCUT2D eigenvalue weighted by molar-refractivity contribution is -0.255. The van der Waals surface area contributed by atoms with E-state index < -0.39 is 16.0 Å². The SMILES string of the molecule is COc1ccc(C(=O)[O-])cc1S(=O)(=O)Nc1ccc(C(C)=O)cc1. The summed E-state index contributed by atoms with van der Waals surface area (Å²) in [6, 6.07) is 9.21. The number of ketones is 1. The second-order valence-corrected chi connectivity index (χ2v) is 6.54. The highest BCUT2D eigenvalue weighted by Gasteiger charge is 2.20. The normalized spacial score (nSPS) is 10.9. The lowest BCUT2D eigenvalue weighted by atomic mass is 10.1. The summed E-state index contributed by atoms with van der Waals surface area (Å²) in [5.41, 5.74) is 0.374. The molecule has 0 amide bonds. The fraction of sp³-hybridized carbons (Fsp3) is 0.125. The van der Waals surface area contributed by atoms with Crippen molar-refractivity contribution in [2.75, 3.05) is 11.8 Å². The first-order valence-electron chi connectivity index (χ1n) is 6.78. The van der Waals surface area contributed by atoms with Gasteiger partial charge in [-0.05, 0) is 55.0 Å². The van der Waals surface area contributed by atoms with Crippen LogP contribution in [0.25, 0.3) is 0 Å². The third-order valence-electron chi connectivity index (χ3n) is 3.23. The van der Waals surface area contributed by atoms with E-state index in [2.05, 4.69) is 4.72 Å². The van der Waals surface area contributed by atoms with Crippen molar-refractivity contribution in [3.05, 3.63) is 53.6 Å². The average Bonchev–Trinajstić information content (AvgIpc) is 2.54. The molecule has 0 saturated heterocycles. The van der Waals surface area contributed by atoms with Gasteiger partial charge in [0.15, 0.2) is 5.78 Å². The molecule has 0 atom stereocenters. The molecule has 0 fully saturated rings. The Balaban J connectivity index is 2.41. The molecule has 24 heavy (non-hydrogen) atoms. The van der Waals surface area contributed by atoms with Crippen molar-refractivity contribution < 1.29 is 27.9 Å². The Labute approximate surface area is 138 Å². The van der Waals surface area contributed by atoms with Crippen LogP contribution in [0.5, 0.6) is 5.75 Å². The van der Waals surface area contributed by atoms with Crippen LogP contribution < -0.4 is 14.6 Å². The Bertz CT molecular complexity index is 887. The van der Waals surface area contributed by atoms with Crippen LogP contribution in [-0.2, 0) is 10.0 Å². The zero-order chi connectivity index (χ0) is 17.9. The highest BCUT2D eigenvalue weighted by Crippen LogP contribution is 2.27. The van der Waals surface area contributed by atoms with Gasteiger partial charge >= 0.3 is 0 Å². The fourth-order valence-corrected chi connectivity index (χ4v) is 3.25. The van der Waals surface area contributed by atoms with E-state index in [0.29, 0.717) is 5.56 Å². The predicted octanol–water partition coefficient (Wildman–Crippen LogP) is 1.06. The molecule has 0 saturated carbocycles. The Hall–Kier alpha value is -2.87. The molecular weight excluding hydrogens is 334 g/mol. The zero-order valence-corrected chi connectivity index (χ0v) is 13.7. The smallest absolute Gasteiger partial charge is 0.265 e. The molecule has 2 aromatic carbocycles. The van der Waals surface area contributed by atoms with E-state index in [0.717, 1.165) is 6.07 Å². The molecule has 0 radical (unpaired) electrons. The lowest BCUT2D eigenvalue weighted by Gasteiger charge is -2.13. The third-order valence-corrected chi connectivity index (χ3v) is 4.63. The molecule has 2 rings (SSSR count). The Morgan fingerprint density at radius 3 is 2.12 bits per heavy atom. The number of sulfonamides is 1. The second-order valence-electron chi connectivity index (χ2n) is 4.89. The van der Waals surface area contributed by atoms with Gasteiger partial charge in [0.25, 0.3) is 10.0 Å². The summed E-state index contributed by atoms with van der Waals surface area (Å²) in [6.07, 6.45) is 0. The number of nitrogens with one attached hydrogen (secondary N) is 1. The minimum atomic E-state index is -4.10. The quantitative estimate of drug-likeness (QED) is 0.781. The Morgan fingerprint density at radius 2 is 1.62 bits per heavy atom. The summed E-state index contributed by atoms with van der Waals surface area (Å²) in [7, 11) is -2.82. The largest absolute Gasteiger partial charge is 0.545 e. The number of carbonyl (C=O) groups excluding carboxylic acids is 2. The molecule has 0 bridgehead atoms. The van der Waals surface area contributed by atoms with Gasteiger partial charge in [0, 0.05) is 11.3 Å². The van der Waals surface area contributed by atoms with Crippen molar-refractivity contribution in [2.45, 2.75) is 11.8 Å². The van der Waals surface area contributed by atoms with Gasteiger partial charge in [-0.2, -0.15) is 0 Å². The molecule has 0 heterocycles. The number of anilines is 1. The molecule has 0 spiro atoms. The van der Waals surface area contributed by atoms with Gasteiger partial charge in [0.05, 0.1) is 13.1 Å². The predicted molar refractivity (Wildman–Crippen MR) is 84.6 cm³/mol. The number of ether oxygens (including phenoxy) is 1. The van der Waals surface area contributed by atoms with E-state index >= 15 is 0 Å². The summed E-state index contributed by atoms with van der Waals surface area (Å²) in [4.78, 5) is 21.8. The number of hydrogen-bond donors (Lipinski definition) is 1. The molecule has 0 aromatic heterocycles. The maximum absolute atomic E-state index is 12.5. The van der Waals surface area contributed by atoms with Gasteiger partial charge in [-0.1, -0.05) is 0 Å². The van der Waals surface area contributed by atoms with Crippen LogP contribution in [0.15, 0.2) is 47.4 Å². The molecule has 0 aliphatic carbocycles. The highest BCUT2D eigenvalue weighted by atomic mass is 32.2. The van der Waals surface area contributed by atoms with Crippen LogP contribution >= 0.6 is 0 Å². The average molecular weight is 348 g/mol. The number of benzene rings is 2. The number of Topliss-reactive ketones (excluding diaryl/α,β-unsaturated/α-hetero) is 1. The van der Waals surface area contributed by atoms with Crippen LogP contribution in [0.1, 0.15) is 27.6 Å². The molecular formula is C16H14NO6S-. The van der Waals surface area contributed by atoms with Gasteiger partial charge in [0.1, 0.15) is 10.6 Å². The maximum Gasteiger partial charge on any atom is 0.265 e. The minimum absolute atomic E-state index is 0.00661. The number of rotatable bonds is 6. The molecule has 2 aromatic rings. The van der Waals surface area contributed by atoms with Gasteiger partial charge < -0.3 is 14.6 Å². The van der Waals surface area contributed by atoms with Gasteiger partial charge in [0.2, 0.25) is 0 Å². The maximum atomic E-state index is 12.5. The molecule has 126 valence electrons. The number of hydrogen-bond acceptors (Lipinski definition) is 6. The number of carboxylic acid groups (broad SMARTS) is 1. The van der Waals surface area contributed by atoms with Gasteiger partial charge in [-0.25, -0.2) is 8.42 Å². The lowest BCUT2D eigenvalue weighted by Crippen LogP contribution is -2.23. The number of aromatic carboxylic acids is 1. The Morgan fingerprint density at radius 1 is 1.04 bits per heavy atom. The van der Waals surface area contributed by atoms with Crippen LogP contribution in [0.4, 0.5) is 5.69 Å². The summed E-state index contributed by atoms with van der Waals surface area (Å²) in [6.45, 7) is 1.40. The number of carboxylic acids is 1. The summed E-state index contributed by atoms with van der Waals surface area (Å²) < 4.78 is 32.3. The first-order valence-corrected chi connectivity index (χ1v) is 8.26. The van der Waals surface area contributed by atoms with E-state index in [1.165, 1.54) is 50.4 Å². The molecule has 7 nitrogen and oxygen atoms in total. The summed E-state index contributed by atoms with van der Waals surface area (Å²) >= 11 is 0. The van der Waals surface area contributed by atoms with Crippen molar-refractivity contribution in [2.24, 2.45) is 0 Å². The fourth-order valence-electron chi connectivity index (χ4n) is 2.00. The monoisotopic (exact) mass is 348 g/mol. The van der Waals surface area contributed by atoms with Crippen molar-refractivity contribution in [3.8, 4) is 5.75 Å². The molecule has 0 unspecified atom stereocenters. The zero-order valence-electron chi connectivity index (χ0n) is 12.9. The van der Waals surface area contributed by atoms with Crippen LogP contribution in [0.3, 0.4) is 0 Å². The highest BCUT2D eigenvalue weighted by molar-refractivity contribution is 7.92. The van der Waals surface area contributed by atoms with Crippen molar-refractivity contribution in [1.82, 2.24) is 0 Å². The van der Waals surface area contributed by atoms with Crippen molar-refractivity contribution >= 4 is 27.5 Å². The van der Waals surface area contributed by atoms with Crippen LogP contribution in [-0.4, -0.2) is 27.3 Å². The number of methoxy groups -OCH3 is 1. The topological polar surface area (TPSA) is 113 Å². The summed E-state index contributed by atoms with van der Waals surface area (Å²) in [5.74, 6) is -1.65. The molecule has 1 N–H and O–H groups in total. The molecule has 0 aliphatic rings. The van der Waals surface area contributed by atoms with Crippen molar-refractivity contribution in [3.63, 3.8) is 0 Å². The van der Waals surface area contributed by atoms with Gasteiger partial charge in [-0.3, -0.25) is 9.52 Å². The van der Waals surface area contributed by atoms with E-state index in [-0.39, 0.29) is 27.7 Å². The van der Waals surface area contributed by atoms with Crippen LogP contribution in [0, 0.1) is 0 Å². The second kappa shape index (κ2) is 6.71. The Kier molecular flexibility index (Phi) is 4.89. The van der Waals surface area contributed by atoms with Crippen molar-refractivity contribution in [1.29, 1.82) is 0 Å². The van der Waals surface area contributed by atoms with E-state index in [1.54, 1.807) is 0 Å². The first kappa shape index (κ1) is 17.5. The van der Waals surface area contributed by atoms with E-state index in [4.69, 9.17) is 4.74 Å².